The number of amides is 1. The number of nitrogens with one attached hydrogen (secondary N) is 1. The van der Waals surface area contributed by atoms with E-state index in [9.17, 15) is 4.79 Å². The van der Waals surface area contributed by atoms with Crippen LogP contribution in [0.5, 0.6) is 0 Å². The van der Waals surface area contributed by atoms with Crippen molar-refractivity contribution in [1.82, 2.24) is 4.90 Å². The minimum Gasteiger partial charge on any atom is -0.326 e. The first-order chi connectivity index (χ1) is 8.68. The number of benzene rings is 1. The molecule has 1 N–H and O–H groups in total. The summed E-state index contributed by atoms with van der Waals surface area (Å²) in [5.74, 6) is 0.286. The summed E-state index contributed by atoms with van der Waals surface area (Å²) < 4.78 is 0. The summed E-state index contributed by atoms with van der Waals surface area (Å²) >= 11 is 0. The van der Waals surface area contributed by atoms with Gasteiger partial charge in [-0.25, -0.2) is 0 Å². The van der Waals surface area contributed by atoms with Gasteiger partial charge in [-0.1, -0.05) is 31.0 Å². The Balaban J connectivity index is 2.02. The Morgan fingerprint density at radius 3 is 2.50 bits per heavy atom. The van der Waals surface area contributed by atoms with Gasteiger partial charge in [-0.2, -0.15) is 0 Å². The molecule has 1 aromatic carbocycles. The minimum absolute atomic E-state index is 0.119. The molecule has 0 heterocycles. The number of carbonyl (C=O) groups is 1. The second kappa shape index (κ2) is 6.01. The third-order valence-electron chi connectivity index (χ3n) is 3.77. The minimum atomic E-state index is 0.119. The molecule has 0 aromatic heterocycles. The van der Waals surface area contributed by atoms with Crippen molar-refractivity contribution in [2.75, 3.05) is 19.4 Å². The summed E-state index contributed by atoms with van der Waals surface area (Å²) in [5.41, 5.74) is 0.894. The Hall–Kier alpha value is -1.35. The summed E-state index contributed by atoms with van der Waals surface area (Å²) in [7, 11) is 4.14. The van der Waals surface area contributed by atoms with Crippen molar-refractivity contribution in [2.24, 2.45) is 5.92 Å². The fourth-order valence-electron chi connectivity index (χ4n) is 2.79. The molecule has 1 aromatic rings. The molecule has 0 aliphatic heterocycles. The fourth-order valence-corrected chi connectivity index (χ4v) is 2.79. The maximum absolute atomic E-state index is 12.3. The molecule has 1 amide bonds. The van der Waals surface area contributed by atoms with Crippen LogP contribution in [0.2, 0.25) is 0 Å². The standard InChI is InChI=1S/C15H22N2O/c1-17(2)14-11-7-6-10-13(14)15(18)16-12-8-4-3-5-9-12/h3-5,8-9,13-14H,6-7,10-11H2,1-2H3,(H,16,18)/t13-,14+/m1/s1. The molecule has 2 atom stereocenters. The number of anilines is 1. The van der Waals surface area contributed by atoms with E-state index in [-0.39, 0.29) is 11.8 Å². The zero-order valence-corrected chi connectivity index (χ0v) is 11.2. The molecule has 3 heteroatoms. The van der Waals surface area contributed by atoms with E-state index in [2.05, 4.69) is 24.3 Å². The zero-order valence-electron chi connectivity index (χ0n) is 11.2. The Labute approximate surface area is 109 Å². The Bertz CT molecular complexity index is 389. The summed E-state index contributed by atoms with van der Waals surface area (Å²) in [4.78, 5) is 14.5. The van der Waals surface area contributed by atoms with Gasteiger partial charge in [-0.15, -0.1) is 0 Å². The number of para-hydroxylation sites is 1. The number of carbonyl (C=O) groups excluding carboxylic acids is 1. The maximum Gasteiger partial charge on any atom is 0.229 e. The lowest BCUT2D eigenvalue weighted by Crippen LogP contribution is -2.43. The quantitative estimate of drug-likeness (QED) is 0.889. The van der Waals surface area contributed by atoms with Crippen LogP contribution in [0.3, 0.4) is 0 Å². The van der Waals surface area contributed by atoms with Gasteiger partial charge in [0.1, 0.15) is 0 Å². The molecule has 2 rings (SSSR count). The van der Waals surface area contributed by atoms with Crippen LogP contribution in [0.4, 0.5) is 5.69 Å². The van der Waals surface area contributed by atoms with Crippen LogP contribution in [-0.4, -0.2) is 30.9 Å². The smallest absolute Gasteiger partial charge is 0.229 e. The van der Waals surface area contributed by atoms with E-state index in [4.69, 9.17) is 0 Å². The largest absolute Gasteiger partial charge is 0.326 e. The number of rotatable bonds is 3. The topological polar surface area (TPSA) is 32.3 Å². The highest BCUT2D eigenvalue weighted by Gasteiger charge is 2.32. The van der Waals surface area contributed by atoms with Crippen LogP contribution in [0, 0.1) is 5.92 Å². The molecule has 1 aliphatic carbocycles. The molecule has 1 fully saturated rings. The SMILES string of the molecule is CN(C)[C@H]1CCCC[C@H]1C(=O)Nc1ccccc1. The third kappa shape index (κ3) is 3.10. The van der Waals surface area contributed by atoms with Gasteiger partial charge in [0.15, 0.2) is 0 Å². The van der Waals surface area contributed by atoms with Gasteiger partial charge in [0.2, 0.25) is 5.91 Å². The van der Waals surface area contributed by atoms with E-state index in [0.717, 1.165) is 24.9 Å². The van der Waals surface area contributed by atoms with E-state index in [1.165, 1.54) is 6.42 Å². The van der Waals surface area contributed by atoms with Gasteiger partial charge < -0.3 is 10.2 Å². The van der Waals surface area contributed by atoms with Crippen LogP contribution in [0.1, 0.15) is 25.7 Å². The molecule has 0 radical (unpaired) electrons. The summed E-state index contributed by atoms with van der Waals surface area (Å²) in [6.07, 6.45) is 4.52. The average molecular weight is 246 g/mol. The second-order valence-corrected chi connectivity index (χ2v) is 5.28. The van der Waals surface area contributed by atoms with Gasteiger partial charge in [-0.05, 0) is 39.1 Å². The van der Waals surface area contributed by atoms with Crippen molar-refractivity contribution in [3.8, 4) is 0 Å². The molecule has 1 aliphatic rings. The average Bonchev–Trinajstić information content (AvgIpc) is 2.40. The van der Waals surface area contributed by atoms with Crippen molar-refractivity contribution in [2.45, 2.75) is 31.7 Å². The molecule has 3 nitrogen and oxygen atoms in total. The Morgan fingerprint density at radius 1 is 1.17 bits per heavy atom. The molecule has 18 heavy (non-hydrogen) atoms. The van der Waals surface area contributed by atoms with E-state index in [0.29, 0.717) is 6.04 Å². The Kier molecular flexibility index (Phi) is 4.37. The van der Waals surface area contributed by atoms with E-state index < -0.39 is 0 Å². The number of hydrogen-bond acceptors (Lipinski definition) is 2. The third-order valence-corrected chi connectivity index (χ3v) is 3.77. The molecule has 98 valence electrons. The molecule has 0 unspecified atom stereocenters. The lowest BCUT2D eigenvalue weighted by molar-refractivity contribution is -0.122. The monoisotopic (exact) mass is 246 g/mol. The first-order valence-corrected chi connectivity index (χ1v) is 6.71. The summed E-state index contributed by atoms with van der Waals surface area (Å²) in [6, 6.07) is 10.1. The first kappa shape index (κ1) is 13.1. The van der Waals surface area contributed by atoms with Crippen LogP contribution in [0.25, 0.3) is 0 Å². The highest BCUT2D eigenvalue weighted by Crippen LogP contribution is 2.28. The van der Waals surface area contributed by atoms with Crippen LogP contribution in [0.15, 0.2) is 30.3 Å². The maximum atomic E-state index is 12.3. The van der Waals surface area contributed by atoms with Crippen molar-refractivity contribution in [3.63, 3.8) is 0 Å². The Morgan fingerprint density at radius 2 is 1.83 bits per heavy atom. The van der Waals surface area contributed by atoms with Gasteiger partial charge in [0.25, 0.3) is 0 Å². The van der Waals surface area contributed by atoms with Crippen LogP contribution in [-0.2, 0) is 4.79 Å². The van der Waals surface area contributed by atoms with Gasteiger partial charge >= 0.3 is 0 Å². The molecule has 0 saturated heterocycles. The van der Waals surface area contributed by atoms with Crippen molar-refractivity contribution < 1.29 is 4.79 Å². The highest BCUT2D eigenvalue weighted by atomic mass is 16.1. The highest BCUT2D eigenvalue weighted by molar-refractivity contribution is 5.93. The van der Waals surface area contributed by atoms with Gasteiger partial charge in [0.05, 0.1) is 5.92 Å². The van der Waals surface area contributed by atoms with Gasteiger partial charge in [-0.3, -0.25) is 4.79 Å². The molecular formula is C15H22N2O. The fraction of sp³-hybridized carbons (Fsp3) is 0.533. The molecule has 0 bridgehead atoms. The van der Waals surface area contributed by atoms with E-state index >= 15 is 0 Å². The predicted octanol–water partition coefficient (Wildman–Crippen LogP) is 2.75. The summed E-state index contributed by atoms with van der Waals surface area (Å²) in [6.45, 7) is 0. The lowest BCUT2D eigenvalue weighted by Gasteiger charge is -2.35. The number of hydrogen-bond donors (Lipinski definition) is 1. The predicted molar refractivity (Wildman–Crippen MR) is 74.5 cm³/mol. The van der Waals surface area contributed by atoms with Crippen LogP contribution >= 0.6 is 0 Å². The second-order valence-electron chi connectivity index (χ2n) is 5.28. The molecule has 1 saturated carbocycles. The van der Waals surface area contributed by atoms with E-state index in [1.54, 1.807) is 0 Å². The normalized spacial score (nSPS) is 23.9. The summed E-state index contributed by atoms with van der Waals surface area (Å²) in [5, 5.41) is 3.03. The van der Waals surface area contributed by atoms with Crippen molar-refractivity contribution in [1.29, 1.82) is 0 Å². The van der Waals surface area contributed by atoms with Crippen LogP contribution < -0.4 is 5.32 Å². The van der Waals surface area contributed by atoms with Gasteiger partial charge in [0, 0.05) is 11.7 Å². The zero-order chi connectivity index (χ0) is 13.0. The number of nitrogens with zero attached hydrogens (tertiary/aromatic N) is 1. The van der Waals surface area contributed by atoms with E-state index in [1.807, 2.05) is 30.3 Å². The lowest BCUT2D eigenvalue weighted by atomic mass is 9.83. The van der Waals surface area contributed by atoms with Crippen molar-refractivity contribution in [3.05, 3.63) is 30.3 Å². The van der Waals surface area contributed by atoms with Crippen molar-refractivity contribution >= 4 is 11.6 Å². The first-order valence-electron chi connectivity index (χ1n) is 6.71. The molecule has 0 spiro atoms. The molecular weight excluding hydrogens is 224 g/mol.